The number of hydrogen-bond donors (Lipinski definition) is 1. The Morgan fingerprint density at radius 1 is 1.25 bits per heavy atom. The fraction of sp³-hybridized carbons (Fsp3) is 0.923. The van der Waals surface area contributed by atoms with Gasteiger partial charge in [-0.15, -0.1) is 0 Å². The molecule has 1 saturated heterocycles. The number of ether oxygens (including phenoxy) is 1. The quantitative estimate of drug-likeness (QED) is 0.723. The molecule has 0 aromatic rings. The lowest BCUT2D eigenvalue weighted by Gasteiger charge is -2.44. The van der Waals surface area contributed by atoms with Crippen molar-refractivity contribution in [2.24, 2.45) is 0 Å². The van der Waals surface area contributed by atoms with E-state index in [2.05, 4.69) is 43.4 Å². The predicted octanol–water partition coefficient (Wildman–Crippen LogP) is 1.79. The summed E-state index contributed by atoms with van der Waals surface area (Å²) in [5.74, 6) is 0. The molecule has 1 atom stereocenters. The first-order chi connectivity index (χ1) is 9.49. The molecule has 1 fully saturated rings. The van der Waals surface area contributed by atoms with Gasteiger partial charge in [0.25, 0.3) is 0 Å². The van der Waals surface area contributed by atoms with E-state index < -0.39 is 8.45 Å². The lowest BCUT2D eigenvalue weighted by molar-refractivity contribution is -0.0474. The molecule has 1 N–H and O–H groups in total. The lowest BCUT2D eigenvalue weighted by Crippen LogP contribution is -2.50. The molecule has 20 heavy (non-hydrogen) atoms. The summed E-state index contributed by atoms with van der Waals surface area (Å²) < 4.78 is 9.45. The van der Waals surface area contributed by atoms with Crippen LogP contribution in [0.15, 0.2) is 0 Å². The van der Waals surface area contributed by atoms with E-state index in [1.807, 2.05) is 4.78 Å². The Balaban J connectivity index is 2.81. The number of hydrazine groups is 1. The van der Waals surface area contributed by atoms with Crippen molar-refractivity contribution in [2.45, 2.75) is 46.2 Å². The first kappa shape index (κ1) is 17.8. The molecule has 0 aromatic heterocycles. The molecule has 0 aromatic carbocycles. The van der Waals surface area contributed by atoms with E-state index in [1.165, 1.54) is 0 Å². The van der Waals surface area contributed by atoms with Crippen LogP contribution in [0.2, 0.25) is 0 Å². The Kier molecular flexibility index (Phi) is 7.90. The highest BCUT2D eigenvalue weighted by Gasteiger charge is 2.32. The minimum atomic E-state index is -1.43. The Hall–Kier alpha value is -0.280. The molecule has 0 bridgehead atoms. The first-order valence-electron chi connectivity index (χ1n) is 7.23. The molecule has 0 amide bonds. The number of morpholine rings is 1. The molecule has 0 aliphatic carbocycles. The van der Waals surface area contributed by atoms with Crippen LogP contribution < -0.4 is 0 Å². The van der Waals surface area contributed by atoms with E-state index in [4.69, 9.17) is 10.00 Å². The SMILES string of the molecule is CC(C)N(C(C)C)P(O)N(CCC#N)N1CCOCC1. The molecular weight excluding hydrogens is 275 g/mol. The van der Waals surface area contributed by atoms with Gasteiger partial charge in [-0.2, -0.15) is 10.0 Å². The van der Waals surface area contributed by atoms with Crippen molar-refractivity contribution < 1.29 is 9.63 Å². The zero-order valence-electron chi connectivity index (χ0n) is 13.0. The minimum absolute atomic E-state index is 0.261. The van der Waals surface area contributed by atoms with Crippen LogP contribution >= 0.6 is 8.45 Å². The second-order valence-electron chi connectivity index (χ2n) is 5.41. The molecule has 0 spiro atoms. The summed E-state index contributed by atoms with van der Waals surface area (Å²) in [6.07, 6.45) is 0.417. The van der Waals surface area contributed by atoms with Crippen LogP contribution in [0.25, 0.3) is 0 Å². The van der Waals surface area contributed by atoms with E-state index >= 15 is 0 Å². The summed E-state index contributed by atoms with van der Waals surface area (Å²) in [6.45, 7) is 11.8. The van der Waals surface area contributed by atoms with Crippen molar-refractivity contribution in [3.05, 3.63) is 0 Å². The van der Waals surface area contributed by atoms with E-state index in [1.54, 1.807) is 0 Å². The Labute approximate surface area is 123 Å². The van der Waals surface area contributed by atoms with Gasteiger partial charge in [-0.1, -0.05) is 0 Å². The second-order valence-corrected chi connectivity index (χ2v) is 6.87. The van der Waals surface area contributed by atoms with Gasteiger partial charge >= 0.3 is 0 Å². The van der Waals surface area contributed by atoms with Gasteiger partial charge in [-0.05, 0) is 27.7 Å². The smallest absolute Gasteiger partial charge is 0.200 e. The van der Waals surface area contributed by atoms with Gasteiger partial charge in [-0.3, -0.25) is 0 Å². The Morgan fingerprint density at radius 3 is 2.25 bits per heavy atom. The maximum atomic E-state index is 10.8. The molecule has 1 unspecified atom stereocenters. The van der Waals surface area contributed by atoms with E-state index in [-0.39, 0.29) is 12.1 Å². The molecule has 7 heteroatoms. The molecule has 1 rings (SSSR count). The van der Waals surface area contributed by atoms with Crippen molar-refractivity contribution in [1.82, 2.24) is 14.5 Å². The van der Waals surface area contributed by atoms with Crippen LogP contribution in [0.1, 0.15) is 34.1 Å². The zero-order valence-corrected chi connectivity index (χ0v) is 13.9. The highest BCUT2D eigenvalue weighted by Crippen LogP contribution is 2.44. The van der Waals surface area contributed by atoms with Crippen LogP contribution in [0.4, 0.5) is 0 Å². The van der Waals surface area contributed by atoms with Gasteiger partial charge in [0.15, 0.2) is 8.45 Å². The number of nitriles is 1. The second kappa shape index (κ2) is 8.89. The lowest BCUT2D eigenvalue weighted by atomic mass is 10.3. The third-order valence-corrected chi connectivity index (χ3v) is 5.41. The van der Waals surface area contributed by atoms with E-state index in [0.717, 1.165) is 13.1 Å². The van der Waals surface area contributed by atoms with Crippen LogP contribution in [0, 0.1) is 11.3 Å². The molecule has 116 valence electrons. The van der Waals surface area contributed by atoms with Crippen LogP contribution in [-0.2, 0) is 4.74 Å². The summed E-state index contributed by atoms with van der Waals surface area (Å²) >= 11 is 0. The third-order valence-electron chi connectivity index (χ3n) is 3.21. The van der Waals surface area contributed by atoms with Crippen molar-refractivity contribution >= 4 is 8.45 Å². The van der Waals surface area contributed by atoms with Crippen molar-refractivity contribution in [3.8, 4) is 6.07 Å². The van der Waals surface area contributed by atoms with E-state index in [9.17, 15) is 4.89 Å². The van der Waals surface area contributed by atoms with Crippen molar-refractivity contribution in [1.29, 1.82) is 5.26 Å². The largest absolute Gasteiger partial charge is 0.379 e. The predicted molar refractivity (Wildman–Crippen MR) is 80.6 cm³/mol. The van der Waals surface area contributed by atoms with Crippen molar-refractivity contribution in [3.63, 3.8) is 0 Å². The maximum Gasteiger partial charge on any atom is 0.200 e. The van der Waals surface area contributed by atoms with Gasteiger partial charge in [0.1, 0.15) is 0 Å². The first-order valence-corrected chi connectivity index (χ1v) is 8.43. The highest BCUT2D eigenvalue weighted by atomic mass is 31.2. The molecule has 1 aliphatic rings. The standard InChI is InChI=1S/C13H27N4O2P/c1-12(2)17(13(3)4)20(18)16(7-5-6-14)15-8-10-19-11-9-15/h12-13,18H,5,7-11H2,1-4H3. The number of hydrogen-bond acceptors (Lipinski definition) is 6. The van der Waals surface area contributed by atoms with Gasteiger partial charge < -0.3 is 9.63 Å². The average Bonchev–Trinajstić information content (AvgIpc) is 2.39. The van der Waals surface area contributed by atoms with Crippen LogP contribution in [0.3, 0.4) is 0 Å². The van der Waals surface area contributed by atoms with E-state index in [0.29, 0.717) is 26.2 Å². The van der Waals surface area contributed by atoms with Crippen LogP contribution in [0.5, 0.6) is 0 Å². The van der Waals surface area contributed by atoms with Gasteiger partial charge in [0.2, 0.25) is 0 Å². The fourth-order valence-corrected chi connectivity index (χ4v) is 4.16. The normalized spacial score (nSPS) is 19.0. The van der Waals surface area contributed by atoms with Gasteiger partial charge in [-0.25, -0.2) is 9.68 Å². The Morgan fingerprint density at radius 2 is 1.80 bits per heavy atom. The Bertz CT molecular complexity index is 308. The zero-order chi connectivity index (χ0) is 15.1. The summed E-state index contributed by atoms with van der Waals surface area (Å²) in [5, 5.41) is 11.0. The third kappa shape index (κ3) is 4.92. The molecule has 6 nitrogen and oxygen atoms in total. The summed E-state index contributed by atoms with van der Waals surface area (Å²) in [7, 11) is -1.43. The van der Waals surface area contributed by atoms with Crippen LogP contribution in [-0.4, -0.2) is 64.3 Å². The highest BCUT2D eigenvalue weighted by molar-refractivity contribution is 7.46. The summed E-state index contributed by atoms with van der Waals surface area (Å²) in [4.78, 5) is 10.8. The van der Waals surface area contributed by atoms with Gasteiger partial charge in [0.05, 0.1) is 19.3 Å². The fourth-order valence-electron chi connectivity index (χ4n) is 2.41. The summed E-state index contributed by atoms with van der Waals surface area (Å²) in [5.41, 5.74) is 0. The number of nitrogens with zero attached hydrogens (tertiary/aromatic N) is 4. The number of rotatable bonds is 7. The minimum Gasteiger partial charge on any atom is -0.379 e. The maximum absolute atomic E-state index is 10.8. The molecule has 0 radical (unpaired) electrons. The summed E-state index contributed by atoms with van der Waals surface area (Å²) in [6, 6.07) is 2.69. The molecular formula is C13H27N4O2P. The van der Waals surface area contributed by atoms with Crippen molar-refractivity contribution in [2.75, 3.05) is 32.8 Å². The topological polar surface area (TPSA) is 63.0 Å². The monoisotopic (exact) mass is 302 g/mol. The molecule has 1 heterocycles. The van der Waals surface area contributed by atoms with Gasteiger partial charge in [0, 0.05) is 38.1 Å². The average molecular weight is 302 g/mol. The molecule has 1 aliphatic heterocycles. The molecule has 0 saturated carbocycles.